The predicted molar refractivity (Wildman–Crippen MR) is 140 cm³/mol. The number of rotatable bonds is 8. The Morgan fingerprint density at radius 2 is 1.89 bits per heavy atom. The molecule has 5 atom stereocenters. The molecule has 190 valence electrons. The van der Waals surface area contributed by atoms with Crippen molar-refractivity contribution in [1.29, 1.82) is 0 Å². The minimum Gasteiger partial charge on any atom is -0.492 e. The Labute approximate surface area is 217 Å². The number of ether oxygens (including phenoxy) is 1. The molecule has 4 rings (SSSR count). The maximum atomic E-state index is 12.9. The van der Waals surface area contributed by atoms with E-state index in [4.69, 9.17) is 27.9 Å². The molecule has 6 nitrogen and oxygen atoms in total. The quantitative estimate of drug-likeness (QED) is 0.457. The lowest BCUT2D eigenvalue weighted by atomic mass is 9.56. The molecule has 2 aromatic rings. The van der Waals surface area contributed by atoms with Gasteiger partial charge in [0.1, 0.15) is 12.4 Å². The first-order chi connectivity index (χ1) is 16.6. The highest BCUT2D eigenvalue weighted by molar-refractivity contribution is 7.89. The van der Waals surface area contributed by atoms with E-state index in [2.05, 4.69) is 36.0 Å². The van der Waals surface area contributed by atoms with Gasteiger partial charge in [0.2, 0.25) is 15.9 Å². The van der Waals surface area contributed by atoms with Crippen molar-refractivity contribution in [3.05, 3.63) is 63.6 Å². The number of sulfonamides is 1. The minimum atomic E-state index is -3.25. The zero-order valence-electron chi connectivity index (χ0n) is 20.2. The normalized spacial score (nSPS) is 28.4. The molecular formula is C26H32Cl2N2O4S. The largest absolute Gasteiger partial charge is 0.492 e. The van der Waals surface area contributed by atoms with Gasteiger partial charge in [-0.15, -0.1) is 0 Å². The van der Waals surface area contributed by atoms with Gasteiger partial charge in [-0.1, -0.05) is 48.3 Å². The Bertz CT molecular complexity index is 1190. The van der Waals surface area contributed by atoms with Crippen LogP contribution in [0.25, 0.3) is 0 Å². The van der Waals surface area contributed by atoms with Crippen LogP contribution in [0.3, 0.4) is 0 Å². The lowest BCUT2D eigenvalue weighted by molar-refractivity contribution is -0.129. The van der Waals surface area contributed by atoms with Crippen molar-refractivity contribution in [3.63, 3.8) is 0 Å². The van der Waals surface area contributed by atoms with E-state index in [1.165, 1.54) is 0 Å². The van der Waals surface area contributed by atoms with Crippen molar-refractivity contribution < 1.29 is 17.9 Å². The molecule has 1 aliphatic heterocycles. The van der Waals surface area contributed by atoms with Crippen LogP contribution in [0.4, 0.5) is 0 Å². The molecule has 1 saturated carbocycles. The number of hydrogen-bond acceptors (Lipinski definition) is 4. The number of amides is 1. The fourth-order valence-electron chi connectivity index (χ4n) is 5.88. The first-order valence-corrected chi connectivity index (χ1v) is 14.4. The van der Waals surface area contributed by atoms with Crippen LogP contribution in [0.15, 0.2) is 42.5 Å². The summed E-state index contributed by atoms with van der Waals surface area (Å²) in [6, 6.07) is 13.6. The Morgan fingerprint density at radius 3 is 2.54 bits per heavy atom. The second-order valence-corrected chi connectivity index (χ2v) is 12.7. The Morgan fingerprint density at radius 1 is 1.17 bits per heavy atom. The number of carbonyl (C=O) groups is 1. The third-order valence-electron chi connectivity index (χ3n) is 7.65. The van der Waals surface area contributed by atoms with Crippen LogP contribution >= 0.6 is 23.2 Å². The van der Waals surface area contributed by atoms with Gasteiger partial charge in [0.05, 0.1) is 11.2 Å². The zero-order valence-corrected chi connectivity index (χ0v) is 22.5. The summed E-state index contributed by atoms with van der Waals surface area (Å²) in [5, 5.41) is 4.47. The van der Waals surface area contributed by atoms with Crippen molar-refractivity contribution in [2.24, 2.45) is 11.3 Å². The molecule has 2 N–H and O–H groups in total. The zero-order chi connectivity index (χ0) is 25.4. The molecule has 2 aliphatic rings. The average molecular weight is 540 g/mol. The Balaban J connectivity index is 1.60. The van der Waals surface area contributed by atoms with E-state index in [9.17, 15) is 13.2 Å². The molecule has 1 heterocycles. The number of fused-ring (bicyclic) bond motifs is 1. The molecule has 2 aromatic carbocycles. The van der Waals surface area contributed by atoms with Crippen LogP contribution < -0.4 is 14.8 Å². The molecule has 0 unspecified atom stereocenters. The van der Waals surface area contributed by atoms with E-state index in [-0.39, 0.29) is 48.6 Å². The highest BCUT2D eigenvalue weighted by Crippen LogP contribution is 2.59. The summed E-state index contributed by atoms with van der Waals surface area (Å²) in [5.74, 6) is 1.08. The average Bonchev–Trinajstić information content (AvgIpc) is 3.05. The van der Waals surface area contributed by atoms with Gasteiger partial charge in [0.25, 0.3) is 0 Å². The fraction of sp³-hybridized carbons (Fsp3) is 0.500. The lowest BCUT2D eigenvalue weighted by Crippen LogP contribution is -2.42. The first kappa shape index (κ1) is 26.3. The van der Waals surface area contributed by atoms with Crippen LogP contribution in [0.1, 0.15) is 56.6 Å². The molecule has 1 aliphatic carbocycles. The number of nitrogens with one attached hydrogen (secondary N) is 2. The molecule has 0 radical (unpaired) electrons. The molecule has 1 amide bonds. The summed E-state index contributed by atoms with van der Waals surface area (Å²) in [5.41, 5.74) is 1.75. The molecule has 0 aromatic heterocycles. The summed E-state index contributed by atoms with van der Waals surface area (Å²) >= 11 is 13.0. The number of hydrogen-bond donors (Lipinski definition) is 2. The van der Waals surface area contributed by atoms with Crippen molar-refractivity contribution in [1.82, 2.24) is 10.0 Å². The van der Waals surface area contributed by atoms with E-state index >= 15 is 0 Å². The molecule has 1 saturated heterocycles. The van der Waals surface area contributed by atoms with Gasteiger partial charge in [-0.2, -0.15) is 0 Å². The van der Waals surface area contributed by atoms with E-state index in [1.54, 1.807) is 13.0 Å². The van der Waals surface area contributed by atoms with Gasteiger partial charge in [0.15, 0.2) is 0 Å². The van der Waals surface area contributed by atoms with Crippen molar-refractivity contribution in [2.45, 2.75) is 51.5 Å². The summed E-state index contributed by atoms with van der Waals surface area (Å²) in [7, 11) is -3.25. The first-order valence-electron chi connectivity index (χ1n) is 12.0. The SMILES string of the molecule is CCS(=O)(=O)NCCOc1ccc([C@@H]2CC[C@@]3(C)C(=O)N[C@H](C)[C@H]3[C@H]2c2ccc(Cl)cc2)c(Cl)c1. The third kappa shape index (κ3) is 5.33. The van der Waals surface area contributed by atoms with Crippen LogP contribution in [0.5, 0.6) is 5.75 Å². The van der Waals surface area contributed by atoms with Crippen molar-refractivity contribution in [2.75, 3.05) is 18.9 Å². The van der Waals surface area contributed by atoms with E-state index in [0.717, 1.165) is 24.0 Å². The number of benzene rings is 2. The second kappa shape index (κ2) is 10.3. The summed E-state index contributed by atoms with van der Waals surface area (Å²) in [6.45, 7) is 6.16. The van der Waals surface area contributed by atoms with E-state index < -0.39 is 15.4 Å². The summed E-state index contributed by atoms with van der Waals surface area (Å²) in [4.78, 5) is 12.9. The molecule has 35 heavy (non-hydrogen) atoms. The van der Waals surface area contributed by atoms with Gasteiger partial charge in [0, 0.05) is 28.5 Å². The Kier molecular flexibility index (Phi) is 7.72. The lowest BCUT2D eigenvalue weighted by Gasteiger charge is -2.46. The monoisotopic (exact) mass is 538 g/mol. The maximum Gasteiger partial charge on any atom is 0.226 e. The van der Waals surface area contributed by atoms with Crippen LogP contribution in [-0.2, 0) is 14.8 Å². The summed E-state index contributed by atoms with van der Waals surface area (Å²) in [6.07, 6.45) is 1.62. The molecule has 9 heteroatoms. The molecule has 0 bridgehead atoms. The molecular weight excluding hydrogens is 507 g/mol. The highest BCUT2D eigenvalue weighted by Gasteiger charge is 2.57. The van der Waals surface area contributed by atoms with Crippen LogP contribution in [0, 0.1) is 11.3 Å². The number of halogens is 2. The topological polar surface area (TPSA) is 84.5 Å². The van der Waals surface area contributed by atoms with Crippen molar-refractivity contribution >= 4 is 39.1 Å². The van der Waals surface area contributed by atoms with E-state index in [1.807, 2.05) is 24.3 Å². The predicted octanol–water partition coefficient (Wildman–Crippen LogP) is 5.11. The Hall–Kier alpha value is -1.80. The standard InChI is InChI=1S/C26H32Cl2N2O4S/c1-4-35(32,33)29-13-14-34-19-9-10-20(22(28)15-19)21-11-12-26(3)24(16(2)30-25(26)31)23(21)17-5-7-18(27)8-6-17/h5-10,15-16,21,23-24,29H,4,11-14H2,1-3H3,(H,30,31)/t16-,21+,23+,24+,26-/m1/s1. The fourth-order valence-corrected chi connectivity index (χ4v) is 6.91. The van der Waals surface area contributed by atoms with Gasteiger partial charge in [-0.3, -0.25) is 4.79 Å². The summed E-state index contributed by atoms with van der Waals surface area (Å²) < 4.78 is 31.4. The maximum absolute atomic E-state index is 12.9. The van der Waals surface area contributed by atoms with Gasteiger partial charge in [-0.25, -0.2) is 13.1 Å². The molecule has 2 fully saturated rings. The van der Waals surface area contributed by atoms with Gasteiger partial charge >= 0.3 is 0 Å². The third-order valence-corrected chi connectivity index (χ3v) is 9.63. The minimum absolute atomic E-state index is 0.0312. The van der Waals surface area contributed by atoms with Crippen LogP contribution in [-0.4, -0.2) is 39.3 Å². The second-order valence-electron chi connectivity index (χ2n) is 9.76. The highest BCUT2D eigenvalue weighted by atomic mass is 35.5. The van der Waals surface area contributed by atoms with Crippen LogP contribution in [0.2, 0.25) is 10.0 Å². The smallest absolute Gasteiger partial charge is 0.226 e. The number of carbonyl (C=O) groups excluding carboxylic acids is 1. The van der Waals surface area contributed by atoms with Gasteiger partial charge < -0.3 is 10.1 Å². The van der Waals surface area contributed by atoms with Gasteiger partial charge in [-0.05, 0) is 73.9 Å². The van der Waals surface area contributed by atoms with Crippen molar-refractivity contribution in [3.8, 4) is 5.75 Å². The molecule has 0 spiro atoms. The van der Waals surface area contributed by atoms with E-state index in [0.29, 0.717) is 15.8 Å².